The van der Waals surface area contributed by atoms with Gasteiger partial charge in [-0.25, -0.2) is 8.42 Å². The third-order valence-corrected chi connectivity index (χ3v) is 7.13. The first kappa shape index (κ1) is 23.4. The minimum absolute atomic E-state index is 0.155. The van der Waals surface area contributed by atoms with Crippen LogP contribution >= 0.6 is 15.9 Å². The van der Waals surface area contributed by atoms with Gasteiger partial charge in [-0.2, -0.15) is 0 Å². The molecule has 0 aromatic heterocycles. The molecule has 1 amide bonds. The van der Waals surface area contributed by atoms with E-state index in [1.54, 1.807) is 36.4 Å². The molecular formula is C22H29BrN2O3S. The van der Waals surface area contributed by atoms with Crippen LogP contribution in [0.15, 0.2) is 64.0 Å². The maximum atomic E-state index is 13.2. The van der Waals surface area contributed by atoms with E-state index in [9.17, 15) is 13.2 Å². The summed E-state index contributed by atoms with van der Waals surface area (Å²) in [6.45, 7) is 4.56. The molecule has 0 fully saturated rings. The second-order valence-corrected chi connectivity index (χ2v) is 9.80. The van der Waals surface area contributed by atoms with Gasteiger partial charge in [0.25, 0.3) is 10.0 Å². The molecule has 0 bridgehead atoms. The highest BCUT2D eigenvalue weighted by Gasteiger charge is 2.27. The molecule has 29 heavy (non-hydrogen) atoms. The fourth-order valence-electron chi connectivity index (χ4n) is 3.05. The summed E-state index contributed by atoms with van der Waals surface area (Å²) in [7, 11) is -3.87. The summed E-state index contributed by atoms with van der Waals surface area (Å²) in [6, 6.07) is 15.1. The Morgan fingerprint density at radius 1 is 1.10 bits per heavy atom. The van der Waals surface area contributed by atoms with Crippen LogP contribution in [-0.4, -0.2) is 27.4 Å². The number of amides is 1. The molecule has 0 aliphatic carbocycles. The summed E-state index contributed by atoms with van der Waals surface area (Å²) in [5.41, 5.74) is 0.441. The summed E-state index contributed by atoms with van der Waals surface area (Å²) >= 11 is 3.38. The van der Waals surface area contributed by atoms with Crippen molar-refractivity contribution in [1.29, 1.82) is 0 Å². The molecule has 0 aliphatic rings. The van der Waals surface area contributed by atoms with Crippen LogP contribution in [0, 0.1) is 5.92 Å². The van der Waals surface area contributed by atoms with E-state index in [0.717, 1.165) is 34.5 Å². The minimum atomic E-state index is -3.87. The van der Waals surface area contributed by atoms with Crippen LogP contribution in [0.5, 0.6) is 0 Å². The molecule has 7 heteroatoms. The van der Waals surface area contributed by atoms with Crippen molar-refractivity contribution in [3.63, 3.8) is 0 Å². The van der Waals surface area contributed by atoms with Crippen LogP contribution < -0.4 is 9.62 Å². The van der Waals surface area contributed by atoms with Crippen molar-refractivity contribution < 1.29 is 13.2 Å². The molecule has 2 rings (SSSR count). The predicted molar refractivity (Wildman–Crippen MR) is 121 cm³/mol. The summed E-state index contributed by atoms with van der Waals surface area (Å²) in [5, 5.41) is 2.92. The highest BCUT2D eigenvalue weighted by molar-refractivity contribution is 9.10. The van der Waals surface area contributed by atoms with E-state index >= 15 is 0 Å². The van der Waals surface area contributed by atoms with Crippen molar-refractivity contribution in [1.82, 2.24) is 5.32 Å². The van der Waals surface area contributed by atoms with Gasteiger partial charge in [0.15, 0.2) is 0 Å². The second-order valence-electron chi connectivity index (χ2n) is 7.03. The first-order valence-corrected chi connectivity index (χ1v) is 12.2. The Morgan fingerprint density at radius 2 is 1.83 bits per heavy atom. The van der Waals surface area contributed by atoms with Gasteiger partial charge in [-0.1, -0.05) is 73.3 Å². The van der Waals surface area contributed by atoms with Gasteiger partial charge in [0.1, 0.15) is 6.54 Å². The van der Waals surface area contributed by atoms with Crippen molar-refractivity contribution in [2.24, 2.45) is 5.92 Å². The van der Waals surface area contributed by atoms with Gasteiger partial charge < -0.3 is 5.32 Å². The van der Waals surface area contributed by atoms with Crippen LogP contribution in [0.1, 0.15) is 39.5 Å². The molecule has 0 heterocycles. The number of carbonyl (C=O) groups is 1. The lowest BCUT2D eigenvalue weighted by Gasteiger charge is -2.25. The van der Waals surface area contributed by atoms with E-state index in [1.807, 2.05) is 6.07 Å². The van der Waals surface area contributed by atoms with E-state index in [-0.39, 0.29) is 17.3 Å². The lowest BCUT2D eigenvalue weighted by Crippen LogP contribution is -2.42. The van der Waals surface area contributed by atoms with Crippen LogP contribution in [0.25, 0.3) is 0 Å². The third-order valence-electron chi connectivity index (χ3n) is 4.85. The van der Waals surface area contributed by atoms with E-state index in [2.05, 4.69) is 35.1 Å². The van der Waals surface area contributed by atoms with E-state index in [0.29, 0.717) is 18.2 Å². The molecule has 158 valence electrons. The van der Waals surface area contributed by atoms with Crippen molar-refractivity contribution in [2.45, 2.75) is 44.4 Å². The predicted octanol–water partition coefficient (Wildman–Crippen LogP) is 4.98. The summed E-state index contributed by atoms with van der Waals surface area (Å²) in [5.74, 6) is 0.100. The first-order chi connectivity index (χ1) is 13.9. The molecule has 0 radical (unpaired) electrons. The normalized spacial score (nSPS) is 12.4. The van der Waals surface area contributed by atoms with Crippen molar-refractivity contribution in [3.8, 4) is 0 Å². The topological polar surface area (TPSA) is 66.5 Å². The Balaban J connectivity index is 2.21. The van der Waals surface area contributed by atoms with Gasteiger partial charge in [0.05, 0.1) is 10.6 Å². The minimum Gasteiger partial charge on any atom is -0.354 e. The Labute approximate surface area is 182 Å². The smallest absolute Gasteiger partial charge is 0.264 e. The highest BCUT2D eigenvalue weighted by atomic mass is 79.9. The average Bonchev–Trinajstić information content (AvgIpc) is 2.72. The molecule has 2 aromatic rings. The van der Waals surface area contributed by atoms with Gasteiger partial charge in [-0.3, -0.25) is 9.10 Å². The Hall–Kier alpha value is -1.86. The number of sulfonamides is 1. The zero-order chi connectivity index (χ0) is 21.3. The van der Waals surface area contributed by atoms with Gasteiger partial charge >= 0.3 is 0 Å². The van der Waals surface area contributed by atoms with Crippen molar-refractivity contribution >= 4 is 37.5 Å². The highest BCUT2D eigenvalue weighted by Crippen LogP contribution is 2.26. The number of halogens is 1. The fourth-order valence-corrected chi connectivity index (χ4v) is 4.87. The lowest BCUT2D eigenvalue weighted by molar-refractivity contribution is -0.119. The molecular weight excluding hydrogens is 452 g/mol. The van der Waals surface area contributed by atoms with Crippen LogP contribution in [0.3, 0.4) is 0 Å². The van der Waals surface area contributed by atoms with Gasteiger partial charge in [-0.05, 0) is 42.7 Å². The van der Waals surface area contributed by atoms with Crippen molar-refractivity contribution in [2.75, 3.05) is 17.4 Å². The number of unbranched alkanes of at least 4 members (excludes halogenated alkanes) is 1. The zero-order valence-electron chi connectivity index (χ0n) is 17.0. The number of nitrogens with one attached hydrogen (secondary N) is 1. The van der Waals surface area contributed by atoms with Gasteiger partial charge in [0, 0.05) is 11.0 Å². The maximum absolute atomic E-state index is 13.2. The number of anilines is 1. The van der Waals surface area contributed by atoms with E-state index < -0.39 is 10.0 Å². The Kier molecular flexibility index (Phi) is 9.17. The molecule has 0 spiro atoms. The SMILES string of the molecule is CCCC[C@H](CC)CNC(=O)CN(c1cccc(Br)c1)S(=O)(=O)c1ccccc1. The van der Waals surface area contributed by atoms with E-state index in [4.69, 9.17) is 0 Å². The van der Waals surface area contributed by atoms with Crippen LogP contribution in [0.4, 0.5) is 5.69 Å². The second kappa shape index (κ2) is 11.4. The first-order valence-electron chi connectivity index (χ1n) is 9.98. The average molecular weight is 481 g/mol. The Bertz CT molecular complexity index is 888. The number of carbonyl (C=O) groups excluding carboxylic acids is 1. The fraction of sp³-hybridized carbons (Fsp3) is 0.409. The summed E-state index contributed by atoms with van der Waals surface area (Å²) < 4.78 is 28.4. The number of rotatable bonds is 11. The molecule has 0 unspecified atom stereocenters. The molecule has 1 N–H and O–H groups in total. The molecule has 2 aromatic carbocycles. The monoisotopic (exact) mass is 480 g/mol. The maximum Gasteiger partial charge on any atom is 0.264 e. The van der Waals surface area contributed by atoms with Crippen LogP contribution in [-0.2, 0) is 14.8 Å². The molecule has 0 saturated heterocycles. The number of hydrogen-bond acceptors (Lipinski definition) is 3. The zero-order valence-corrected chi connectivity index (χ0v) is 19.4. The number of benzene rings is 2. The quantitative estimate of drug-likeness (QED) is 0.493. The summed E-state index contributed by atoms with van der Waals surface area (Å²) in [4.78, 5) is 12.8. The molecule has 1 atom stereocenters. The molecule has 0 aliphatic heterocycles. The standard InChI is InChI=1S/C22H29BrN2O3S/c1-3-5-10-18(4-2)16-24-22(26)17-25(20-12-9-11-19(23)15-20)29(27,28)21-13-7-6-8-14-21/h6-9,11-15,18H,3-5,10,16-17H2,1-2H3,(H,24,26)/t18-/m0/s1. The molecule has 0 saturated carbocycles. The molecule has 5 nitrogen and oxygen atoms in total. The van der Waals surface area contributed by atoms with Crippen LogP contribution in [0.2, 0.25) is 0 Å². The van der Waals surface area contributed by atoms with Crippen molar-refractivity contribution in [3.05, 3.63) is 59.1 Å². The number of nitrogens with zero attached hydrogens (tertiary/aromatic N) is 1. The Morgan fingerprint density at radius 3 is 2.45 bits per heavy atom. The third kappa shape index (κ3) is 6.85. The van der Waals surface area contributed by atoms with Gasteiger partial charge in [-0.15, -0.1) is 0 Å². The van der Waals surface area contributed by atoms with E-state index in [1.165, 1.54) is 12.1 Å². The van der Waals surface area contributed by atoms with Gasteiger partial charge in [0.2, 0.25) is 5.91 Å². The largest absolute Gasteiger partial charge is 0.354 e. The summed E-state index contributed by atoms with van der Waals surface area (Å²) in [6.07, 6.45) is 4.29. The number of hydrogen-bond donors (Lipinski definition) is 1. The lowest BCUT2D eigenvalue weighted by atomic mass is 9.99.